The zero-order chi connectivity index (χ0) is 16.5. The molecule has 6 nitrogen and oxygen atoms in total. The van der Waals surface area contributed by atoms with E-state index in [1.807, 2.05) is 0 Å². The number of carbonyl (C=O) groups is 2. The largest absolute Gasteiger partial charge is 0.507 e. The first-order chi connectivity index (χ1) is 10.5. The number of hydrogen-bond acceptors (Lipinski definition) is 4. The Bertz CT molecular complexity index is 528. The number of carboxylic acid groups (broad SMARTS) is 1. The van der Waals surface area contributed by atoms with Crippen molar-refractivity contribution in [2.75, 3.05) is 11.9 Å². The highest BCUT2D eigenvalue weighted by Crippen LogP contribution is 2.30. The fourth-order valence-corrected chi connectivity index (χ4v) is 2.08. The van der Waals surface area contributed by atoms with Crippen LogP contribution < -0.4 is 5.32 Å². The first-order valence-electron chi connectivity index (χ1n) is 7.53. The van der Waals surface area contributed by atoms with Crippen LogP contribution in [-0.2, 0) is 11.2 Å². The van der Waals surface area contributed by atoms with E-state index in [0.717, 1.165) is 25.7 Å². The van der Waals surface area contributed by atoms with Crippen molar-refractivity contribution < 1.29 is 24.5 Å². The highest BCUT2D eigenvalue weighted by atomic mass is 16.5. The van der Waals surface area contributed by atoms with Crippen LogP contribution in [0.1, 0.15) is 55.5 Å². The number of amides is 1. The Labute approximate surface area is 130 Å². The van der Waals surface area contributed by atoms with Crippen molar-refractivity contribution in [3.8, 4) is 5.75 Å². The molecule has 0 radical (unpaired) electrons. The lowest BCUT2D eigenvalue weighted by molar-refractivity contribution is 0.0694. The van der Waals surface area contributed by atoms with Crippen LogP contribution in [0, 0.1) is 0 Å². The standard InChI is InChI=1S/C16H23NO5/c1-3-5-6-7-10-22-16(21)17-12-9-8-11(4-2)14(18)13(12)15(19)20/h8-9,18H,3-7,10H2,1-2H3,(H,17,21)(H,19,20). The number of aromatic hydroxyl groups is 1. The van der Waals surface area contributed by atoms with Gasteiger partial charge in [-0.05, 0) is 24.5 Å². The highest BCUT2D eigenvalue weighted by molar-refractivity contribution is 6.01. The third-order valence-corrected chi connectivity index (χ3v) is 3.32. The number of anilines is 1. The number of aromatic carboxylic acids is 1. The van der Waals surface area contributed by atoms with Crippen LogP contribution in [0.15, 0.2) is 12.1 Å². The summed E-state index contributed by atoms with van der Waals surface area (Å²) in [4.78, 5) is 23.0. The molecule has 6 heteroatoms. The van der Waals surface area contributed by atoms with Gasteiger partial charge >= 0.3 is 12.1 Å². The van der Waals surface area contributed by atoms with E-state index in [-0.39, 0.29) is 23.6 Å². The molecule has 0 saturated carbocycles. The van der Waals surface area contributed by atoms with Crippen molar-refractivity contribution >= 4 is 17.7 Å². The van der Waals surface area contributed by atoms with Gasteiger partial charge < -0.3 is 14.9 Å². The van der Waals surface area contributed by atoms with Gasteiger partial charge in [0.05, 0.1) is 12.3 Å². The third-order valence-electron chi connectivity index (χ3n) is 3.32. The molecule has 0 heterocycles. The number of aryl methyl sites for hydroxylation is 1. The predicted octanol–water partition coefficient (Wildman–Crippen LogP) is 3.78. The molecule has 22 heavy (non-hydrogen) atoms. The summed E-state index contributed by atoms with van der Waals surface area (Å²) in [5, 5.41) is 21.5. The summed E-state index contributed by atoms with van der Waals surface area (Å²) in [6.45, 7) is 4.18. The molecule has 3 N–H and O–H groups in total. The van der Waals surface area contributed by atoms with E-state index < -0.39 is 12.1 Å². The van der Waals surface area contributed by atoms with Gasteiger partial charge in [0.25, 0.3) is 0 Å². The molecule has 0 saturated heterocycles. The van der Waals surface area contributed by atoms with Crippen LogP contribution in [0.5, 0.6) is 5.75 Å². The molecular formula is C16H23NO5. The van der Waals surface area contributed by atoms with Gasteiger partial charge in [0.15, 0.2) is 0 Å². The summed E-state index contributed by atoms with van der Waals surface area (Å²) in [7, 11) is 0. The Morgan fingerprint density at radius 2 is 1.91 bits per heavy atom. The third kappa shape index (κ3) is 4.95. The monoisotopic (exact) mass is 309 g/mol. The molecule has 0 aromatic heterocycles. The number of nitrogens with one attached hydrogen (secondary N) is 1. The molecule has 1 aromatic rings. The molecule has 0 bridgehead atoms. The zero-order valence-electron chi connectivity index (χ0n) is 13.0. The van der Waals surface area contributed by atoms with Crippen LogP contribution in [-0.4, -0.2) is 28.9 Å². The number of benzene rings is 1. The molecule has 1 amide bonds. The van der Waals surface area contributed by atoms with Crippen molar-refractivity contribution in [1.82, 2.24) is 0 Å². The fraction of sp³-hybridized carbons (Fsp3) is 0.500. The molecule has 0 aliphatic rings. The molecule has 0 spiro atoms. The summed E-state index contributed by atoms with van der Waals surface area (Å²) in [6.07, 6.45) is 3.71. The Morgan fingerprint density at radius 1 is 1.18 bits per heavy atom. The van der Waals surface area contributed by atoms with Crippen molar-refractivity contribution in [3.63, 3.8) is 0 Å². The van der Waals surface area contributed by atoms with Gasteiger partial charge in [-0.3, -0.25) is 5.32 Å². The predicted molar refractivity (Wildman–Crippen MR) is 83.6 cm³/mol. The minimum Gasteiger partial charge on any atom is -0.507 e. The van der Waals surface area contributed by atoms with Gasteiger partial charge in [-0.25, -0.2) is 9.59 Å². The van der Waals surface area contributed by atoms with Crippen LogP contribution in [0.25, 0.3) is 0 Å². The average molecular weight is 309 g/mol. The molecule has 0 fully saturated rings. The summed E-state index contributed by atoms with van der Waals surface area (Å²) >= 11 is 0. The number of phenols is 1. The second kappa shape index (κ2) is 8.92. The van der Waals surface area contributed by atoms with Crippen LogP contribution in [0.4, 0.5) is 10.5 Å². The van der Waals surface area contributed by atoms with Crippen LogP contribution in [0.2, 0.25) is 0 Å². The van der Waals surface area contributed by atoms with Gasteiger partial charge in [-0.2, -0.15) is 0 Å². The normalized spacial score (nSPS) is 10.3. The lowest BCUT2D eigenvalue weighted by atomic mass is 10.0. The Morgan fingerprint density at radius 3 is 2.50 bits per heavy atom. The number of rotatable bonds is 8. The number of hydrogen-bond donors (Lipinski definition) is 3. The van der Waals surface area contributed by atoms with E-state index in [2.05, 4.69) is 12.2 Å². The number of ether oxygens (including phenoxy) is 1. The van der Waals surface area contributed by atoms with Crippen LogP contribution in [0.3, 0.4) is 0 Å². The summed E-state index contributed by atoms with van der Waals surface area (Å²) in [5.41, 5.74) is 0.221. The molecule has 0 atom stereocenters. The highest BCUT2D eigenvalue weighted by Gasteiger charge is 2.20. The molecule has 0 aliphatic carbocycles. The smallest absolute Gasteiger partial charge is 0.411 e. The number of carbonyl (C=O) groups excluding carboxylic acids is 1. The zero-order valence-corrected chi connectivity index (χ0v) is 13.0. The lowest BCUT2D eigenvalue weighted by Crippen LogP contribution is -2.17. The molecule has 1 rings (SSSR count). The SMILES string of the molecule is CCCCCCOC(=O)Nc1ccc(CC)c(O)c1C(=O)O. The summed E-state index contributed by atoms with van der Waals surface area (Å²) in [5.74, 6) is -1.62. The minimum atomic E-state index is -1.30. The van der Waals surface area contributed by atoms with Crippen molar-refractivity contribution in [3.05, 3.63) is 23.3 Å². The summed E-state index contributed by atoms with van der Waals surface area (Å²) in [6, 6.07) is 3.04. The second-order valence-electron chi connectivity index (χ2n) is 4.98. The van der Waals surface area contributed by atoms with E-state index in [4.69, 9.17) is 4.74 Å². The van der Waals surface area contributed by atoms with Gasteiger partial charge in [0, 0.05) is 0 Å². The van der Waals surface area contributed by atoms with E-state index in [1.54, 1.807) is 13.0 Å². The number of carboxylic acids is 1. The first kappa shape index (κ1) is 17.8. The molecule has 122 valence electrons. The average Bonchev–Trinajstić information content (AvgIpc) is 2.47. The Balaban J connectivity index is 2.70. The van der Waals surface area contributed by atoms with Crippen molar-refractivity contribution in [1.29, 1.82) is 0 Å². The van der Waals surface area contributed by atoms with Crippen molar-refractivity contribution in [2.45, 2.75) is 46.0 Å². The fourth-order valence-electron chi connectivity index (χ4n) is 2.08. The van der Waals surface area contributed by atoms with E-state index >= 15 is 0 Å². The van der Waals surface area contributed by atoms with Gasteiger partial charge in [-0.1, -0.05) is 39.2 Å². The maximum Gasteiger partial charge on any atom is 0.411 e. The number of unbranched alkanes of at least 4 members (excludes halogenated alkanes) is 3. The van der Waals surface area contributed by atoms with Gasteiger partial charge in [0.1, 0.15) is 11.3 Å². The Hall–Kier alpha value is -2.24. The topological polar surface area (TPSA) is 95.9 Å². The lowest BCUT2D eigenvalue weighted by Gasteiger charge is -2.12. The molecule has 0 aliphatic heterocycles. The van der Waals surface area contributed by atoms with E-state index in [9.17, 15) is 19.8 Å². The first-order valence-corrected chi connectivity index (χ1v) is 7.53. The maximum absolute atomic E-state index is 11.7. The second-order valence-corrected chi connectivity index (χ2v) is 4.98. The van der Waals surface area contributed by atoms with Crippen molar-refractivity contribution in [2.24, 2.45) is 0 Å². The van der Waals surface area contributed by atoms with Gasteiger partial charge in [0.2, 0.25) is 0 Å². The Kier molecular flexibility index (Phi) is 7.22. The van der Waals surface area contributed by atoms with E-state index in [0.29, 0.717) is 12.0 Å². The minimum absolute atomic E-state index is 0.0285. The van der Waals surface area contributed by atoms with Crippen LogP contribution >= 0.6 is 0 Å². The summed E-state index contributed by atoms with van der Waals surface area (Å²) < 4.78 is 5.00. The molecular weight excluding hydrogens is 286 g/mol. The molecule has 1 aromatic carbocycles. The maximum atomic E-state index is 11.7. The molecule has 0 unspecified atom stereocenters. The van der Waals surface area contributed by atoms with E-state index in [1.165, 1.54) is 6.07 Å². The quantitative estimate of drug-likeness (QED) is 0.635. The van der Waals surface area contributed by atoms with Gasteiger partial charge in [-0.15, -0.1) is 0 Å².